The molecule has 7 heteroatoms. The zero-order valence-electron chi connectivity index (χ0n) is 18.9. The van der Waals surface area contributed by atoms with Crippen molar-refractivity contribution >= 4 is 22.7 Å². The number of benzene rings is 2. The van der Waals surface area contributed by atoms with E-state index >= 15 is 0 Å². The van der Waals surface area contributed by atoms with Crippen molar-refractivity contribution in [2.24, 2.45) is 5.41 Å². The van der Waals surface area contributed by atoms with Gasteiger partial charge in [0, 0.05) is 55.7 Å². The summed E-state index contributed by atoms with van der Waals surface area (Å²) in [5.41, 5.74) is 2.70. The first-order chi connectivity index (χ1) is 16.1. The molecule has 7 nitrogen and oxygen atoms in total. The van der Waals surface area contributed by atoms with Gasteiger partial charge in [-0.1, -0.05) is 30.3 Å². The fourth-order valence-corrected chi connectivity index (χ4v) is 5.33. The van der Waals surface area contributed by atoms with E-state index in [1.807, 2.05) is 48.7 Å². The number of hydrogen-bond donors (Lipinski definition) is 3. The third-order valence-corrected chi connectivity index (χ3v) is 7.16. The van der Waals surface area contributed by atoms with Crippen molar-refractivity contribution in [3.05, 3.63) is 65.9 Å². The van der Waals surface area contributed by atoms with Crippen LogP contribution in [-0.2, 0) is 22.7 Å². The molecule has 2 aliphatic rings. The number of aromatic nitrogens is 1. The van der Waals surface area contributed by atoms with Gasteiger partial charge in [-0.05, 0) is 42.2 Å². The maximum Gasteiger partial charge on any atom is 0.229 e. The van der Waals surface area contributed by atoms with Crippen molar-refractivity contribution in [1.29, 1.82) is 0 Å². The molecule has 2 aromatic carbocycles. The first kappa shape index (κ1) is 21.5. The predicted octanol–water partition coefficient (Wildman–Crippen LogP) is 2.96. The molecule has 2 atom stereocenters. The van der Waals surface area contributed by atoms with Gasteiger partial charge in [-0.2, -0.15) is 0 Å². The number of carbonyl (C=O) groups excluding carboxylic acids is 2. The van der Waals surface area contributed by atoms with E-state index in [-0.39, 0.29) is 17.9 Å². The summed E-state index contributed by atoms with van der Waals surface area (Å²) in [6.45, 7) is 2.68. The summed E-state index contributed by atoms with van der Waals surface area (Å²) in [4.78, 5) is 31.4. The summed E-state index contributed by atoms with van der Waals surface area (Å²) in [5, 5.41) is 7.41. The van der Waals surface area contributed by atoms with E-state index in [2.05, 4.69) is 26.6 Å². The van der Waals surface area contributed by atoms with Gasteiger partial charge < -0.3 is 20.4 Å². The third kappa shape index (κ3) is 4.20. The number of rotatable bonds is 6. The van der Waals surface area contributed by atoms with Crippen LogP contribution in [0.1, 0.15) is 30.4 Å². The number of piperidine rings is 2. The Labute approximate surface area is 193 Å². The molecule has 3 N–H and O–H groups in total. The highest BCUT2D eigenvalue weighted by Crippen LogP contribution is 2.39. The number of aromatic amines is 1. The molecule has 0 unspecified atom stereocenters. The third-order valence-electron chi connectivity index (χ3n) is 7.16. The van der Waals surface area contributed by atoms with Gasteiger partial charge in [-0.25, -0.2) is 0 Å². The van der Waals surface area contributed by atoms with Gasteiger partial charge in [0.05, 0.1) is 12.5 Å². The minimum atomic E-state index is -0.620. The fraction of sp³-hybridized carbons (Fsp3) is 0.385. The number of methoxy groups -OCH3 is 1. The summed E-state index contributed by atoms with van der Waals surface area (Å²) in [6, 6.07) is 15.8. The molecule has 172 valence electrons. The number of nitrogens with zero attached hydrogens (tertiary/aromatic N) is 1. The topological polar surface area (TPSA) is 86.5 Å². The van der Waals surface area contributed by atoms with Crippen molar-refractivity contribution < 1.29 is 14.3 Å². The number of nitrogens with one attached hydrogen (secondary N) is 3. The summed E-state index contributed by atoms with van der Waals surface area (Å²) in [5.74, 6) is 0.902. The van der Waals surface area contributed by atoms with Crippen molar-refractivity contribution in [2.45, 2.75) is 38.4 Å². The van der Waals surface area contributed by atoms with Crippen molar-refractivity contribution in [1.82, 2.24) is 20.5 Å². The number of carbonyl (C=O) groups is 2. The zero-order chi connectivity index (χ0) is 22.8. The lowest BCUT2D eigenvalue weighted by molar-refractivity contribution is -0.144. The normalized spacial score (nSPS) is 23.1. The van der Waals surface area contributed by atoms with Crippen LogP contribution in [0.15, 0.2) is 54.7 Å². The lowest BCUT2D eigenvalue weighted by Crippen LogP contribution is -2.66. The summed E-state index contributed by atoms with van der Waals surface area (Å²) < 4.78 is 5.41. The molecule has 2 aliphatic heterocycles. The molecule has 3 heterocycles. The number of hydrogen-bond acceptors (Lipinski definition) is 4. The first-order valence-corrected chi connectivity index (χ1v) is 11.6. The Morgan fingerprint density at radius 2 is 2.09 bits per heavy atom. The molecule has 0 radical (unpaired) electrons. The molecule has 5 rings (SSSR count). The van der Waals surface area contributed by atoms with Crippen molar-refractivity contribution in [2.75, 3.05) is 20.2 Å². The van der Waals surface area contributed by atoms with Crippen LogP contribution in [0.5, 0.6) is 5.75 Å². The van der Waals surface area contributed by atoms with Gasteiger partial charge in [-0.3, -0.25) is 14.5 Å². The van der Waals surface area contributed by atoms with Crippen LogP contribution >= 0.6 is 0 Å². The van der Waals surface area contributed by atoms with E-state index in [0.717, 1.165) is 41.7 Å². The minimum absolute atomic E-state index is 0.0293. The van der Waals surface area contributed by atoms with E-state index in [0.29, 0.717) is 25.9 Å². The monoisotopic (exact) mass is 446 g/mol. The van der Waals surface area contributed by atoms with E-state index < -0.39 is 5.41 Å². The lowest BCUT2D eigenvalue weighted by atomic mass is 9.69. The second-order valence-electron chi connectivity index (χ2n) is 9.17. The highest BCUT2D eigenvalue weighted by Gasteiger charge is 2.51. The Morgan fingerprint density at radius 3 is 2.91 bits per heavy atom. The van der Waals surface area contributed by atoms with Crippen LogP contribution in [0.4, 0.5) is 0 Å². The number of amides is 2. The summed E-state index contributed by atoms with van der Waals surface area (Å²) in [6.07, 6.45) is 3.76. The first-order valence-electron chi connectivity index (χ1n) is 11.6. The molecule has 0 spiro atoms. The van der Waals surface area contributed by atoms with Crippen LogP contribution in [0, 0.1) is 5.41 Å². The highest BCUT2D eigenvalue weighted by atomic mass is 16.5. The van der Waals surface area contributed by atoms with Gasteiger partial charge in [0.15, 0.2) is 0 Å². The Hall–Kier alpha value is -3.32. The molecular weight excluding hydrogens is 416 g/mol. The Balaban J connectivity index is 1.36. The lowest BCUT2D eigenvalue weighted by Gasteiger charge is -2.49. The van der Waals surface area contributed by atoms with E-state index in [4.69, 9.17) is 4.74 Å². The Kier molecular flexibility index (Phi) is 5.81. The van der Waals surface area contributed by atoms with Gasteiger partial charge in [0.2, 0.25) is 11.8 Å². The van der Waals surface area contributed by atoms with Crippen LogP contribution in [0.2, 0.25) is 0 Å². The molecule has 1 aromatic heterocycles. The second kappa shape index (κ2) is 8.90. The van der Waals surface area contributed by atoms with Gasteiger partial charge in [0.1, 0.15) is 5.75 Å². The average Bonchev–Trinajstić information content (AvgIpc) is 3.25. The fourth-order valence-electron chi connectivity index (χ4n) is 5.33. The molecule has 33 heavy (non-hydrogen) atoms. The largest absolute Gasteiger partial charge is 0.497 e. The summed E-state index contributed by atoms with van der Waals surface area (Å²) >= 11 is 0. The molecule has 2 saturated heterocycles. The van der Waals surface area contributed by atoms with Gasteiger partial charge in [-0.15, -0.1) is 0 Å². The van der Waals surface area contributed by atoms with E-state index in [1.54, 1.807) is 7.11 Å². The van der Waals surface area contributed by atoms with E-state index in [9.17, 15) is 9.59 Å². The van der Waals surface area contributed by atoms with Crippen molar-refractivity contribution in [3.63, 3.8) is 0 Å². The second-order valence-corrected chi connectivity index (χ2v) is 9.17. The Morgan fingerprint density at radius 1 is 1.24 bits per heavy atom. The van der Waals surface area contributed by atoms with E-state index in [1.165, 1.54) is 5.56 Å². The maximum atomic E-state index is 13.6. The number of fused-ring (bicyclic) bond motifs is 2. The molecule has 0 bridgehead atoms. The molecule has 0 saturated carbocycles. The number of ether oxygens (including phenoxy) is 1. The predicted molar refractivity (Wildman–Crippen MR) is 127 cm³/mol. The molecule has 0 aliphatic carbocycles. The minimum Gasteiger partial charge on any atom is -0.497 e. The molecular formula is C26H30N4O3. The van der Waals surface area contributed by atoms with Gasteiger partial charge >= 0.3 is 0 Å². The number of H-pyrrole nitrogens is 1. The SMILES string of the molecule is COc1ccc2[nH]cc(CN3CC[C@H]4NC(=O)CC[C@]4(C(=O)NCc4ccccc4)C3)c2c1. The van der Waals surface area contributed by atoms with Gasteiger partial charge in [0.25, 0.3) is 0 Å². The Bertz CT molecular complexity index is 1160. The van der Waals surface area contributed by atoms with Crippen LogP contribution < -0.4 is 15.4 Å². The highest BCUT2D eigenvalue weighted by molar-refractivity contribution is 5.88. The molecule has 2 amide bonds. The van der Waals surface area contributed by atoms with Crippen LogP contribution in [-0.4, -0.2) is 47.9 Å². The van der Waals surface area contributed by atoms with Crippen LogP contribution in [0.3, 0.4) is 0 Å². The number of likely N-dealkylation sites (tertiary alicyclic amines) is 1. The molecule has 3 aromatic rings. The standard InChI is InChI=1S/C26H30N4O3/c1-33-20-7-8-22-21(13-20)19(15-27-22)16-30-12-10-23-26(17-30,11-9-24(31)29-23)25(32)28-14-18-5-3-2-4-6-18/h2-8,13,15,23,27H,9-12,14,16-17H2,1H3,(H,28,32)(H,29,31)/t23-,26+/m1/s1. The summed E-state index contributed by atoms with van der Waals surface area (Å²) in [7, 11) is 1.67. The van der Waals surface area contributed by atoms with Crippen molar-refractivity contribution in [3.8, 4) is 5.75 Å². The quantitative estimate of drug-likeness (QED) is 0.543. The smallest absolute Gasteiger partial charge is 0.229 e. The zero-order valence-corrected chi connectivity index (χ0v) is 18.9. The average molecular weight is 447 g/mol. The van der Waals surface area contributed by atoms with Crippen LogP contribution in [0.25, 0.3) is 10.9 Å². The molecule has 2 fully saturated rings. The maximum absolute atomic E-state index is 13.6.